The van der Waals surface area contributed by atoms with Crippen molar-refractivity contribution < 1.29 is 14.3 Å². The lowest BCUT2D eigenvalue weighted by Gasteiger charge is -2.26. The van der Waals surface area contributed by atoms with Crippen molar-refractivity contribution in [3.8, 4) is 0 Å². The van der Waals surface area contributed by atoms with Crippen molar-refractivity contribution in [2.75, 3.05) is 38.2 Å². The molecule has 1 saturated heterocycles. The van der Waals surface area contributed by atoms with Crippen LogP contribution in [0, 0.1) is 5.41 Å². The van der Waals surface area contributed by atoms with Crippen LogP contribution in [0.15, 0.2) is 24.3 Å². The number of benzene rings is 1. The number of anilines is 1. The van der Waals surface area contributed by atoms with Gasteiger partial charge in [0, 0.05) is 38.3 Å². The third-order valence-corrected chi connectivity index (χ3v) is 4.65. The summed E-state index contributed by atoms with van der Waals surface area (Å²) in [4.78, 5) is 26.5. The first-order valence-electron chi connectivity index (χ1n) is 9.48. The van der Waals surface area contributed by atoms with E-state index >= 15 is 0 Å². The summed E-state index contributed by atoms with van der Waals surface area (Å²) in [6, 6.07) is 6.92. The molecule has 1 aromatic rings. The highest BCUT2D eigenvalue weighted by Gasteiger charge is 2.27. The molecule has 4 N–H and O–H groups in total. The smallest absolute Gasteiger partial charge is 0.237 e. The van der Waals surface area contributed by atoms with Gasteiger partial charge in [-0.25, -0.2) is 0 Å². The van der Waals surface area contributed by atoms with Crippen LogP contribution in [-0.4, -0.2) is 55.6 Å². The average Bonchev–Trinajstić information content (AvgIpc) is 2.64. The Balaban J connectivity index is 1.80. The van der Waals surface area contributed by atoms with Crippen LogP contribution in [0.25, 0.3) is 0 Å². The normalized spacial score (nSPS) is 16.6. The number of ether oxygens (including phenoxy) is 1. The van der Waals surface area contributed by atoms with E-state index in [1.165, 1.54) is 0 Å². The summed E-state index contributed by atoms with van der Waals surface area (Å²) >= 11 is 0. The van der Waals surface area contributed by atoms with Crippen LogP contribution in [0.4, 0.5) is 5.69 Å². The van der Waals surface area contributed by atoms with E-state index in [0.29, 0.717) is 13.0 Å². The summed E-state index contributed by atoms with van der Waals surface area (Å²) in [6.45, 7) is 10.1. The van der Waals surface area contributed by atoms with Gasteiger partial charge in [0.1, 0.15) is 0 Å². The molecule has 0 aromatic heterocycles. The first-order valence-corrected chi connectivity index (χ1v) is 9.48. The van der Waals surface area contributed by atoms with E-state index < -0.39 is 6.04 Å². The third kappa shape index (κ3) is 7.28. The number of morpholine rings is 1. The molecule has 1 aliphatic rings. The van der Waals surface area contributed by atoms with Crippen molar-refractivity contribution in [3.05, 3.63) is 29.8 Å². The highest BCUT2D eigenvalue weighted by atomic mass is 16.5. The second-order valence-corrected chi connectivity index (χ2v) is 8.01. The van der Waals surface area contributed by atoms with Crippen LogP contribution < -0.4 is 16.4 Å². The maximum Gasteiger partial charge on any atom is 0.237 e. The quantitative estimate of drug-likeness (QED) is 0.667. The summed E-state index contributed by atoms with van der Waals surface area (Å²) in [6.07, 6.45) is 0.446. The van der Waals surface area contributed by atoms with E-state index in [9.17, 15) is 9.59 Å². The molecule has 27 heavy (non-hydrogen) atoms. The van der Waals surface area contributed by atoms with Gasteiger partial charge in [0.2, 0.25) is 11.8 Å². The van der Waals surface area contributed by atoms with Crippen LogP contribution in [-0.2, 0) is 20.9 Å². The maximum atomic E-state index is 12.2. The Hall–Kier alpha value is -1.96. The molecule has 1 fully saturated rings. The van der Waals surface area contributed by atoms with Crippen LogP contribution in [0.2, 0.25) is 0 Å². The molecule has 0 radical (unpaired) electrons. The van der Waals surface area contributed by atoms with Crippen molar-refractivity contribution in [3.63, 3.8) is 0 Å². The topological polar surface area (TPSA) is 96.7 Å². The second-order valence-electron chi connectivity index (χ2n) is 8.01. The van der Waals surface area contributed by atoms with Crippen molar-refractivity contribution in [2.24, 2.45) is 11.1 Å². The standard InChI is InChI=1S/C20H32N4O3/c1-20(2,3)18(21)19(26)22-14-15-5-4-6-16(13-15)23-17(25)7-8-24-9-11-27-12-10-24/h4-6,13,18H,7-12,14,21H2,1-3H3,(H,22,26)(H,23,25)/t18-/m1/s1. The number of nitrogens with zero attached hydrogens (tertiary/aromatic N) is 1. The molecule has 0 spiro atoms. The Kier molecular flexibility index (Phi) is 7.77. The fourth-order valence-corrected chi connectivity index (χ4v) is 2.76. The Morgan fingerprint density at radius 3 is 2.63 bits per heavy atom. The largest absolute Gasteiger partial charge is 0.379 e. The zero-order valence-corrected chi connectivity index (χ0v) is 16.6. The predicted octanol–water partition coefficient (Wildman–Crippen LogP) is 1.34. The van der Waals surface area contributed by atoms with Crippen LogP contribution >= 0.6 is 0 Å². The van der Waals surface area contributed by atoms with E-state index in [4.69, 9.17) is 10.5 Å². The molecule has 2 rings (SSSR count). The molecular weight excluding hydrogens is 344 g/mol. The molecule has 1 aromatic carbocycles. The lowest BCUT2D eigenvalue weighted by atomic mass is 9.87. The van der Waals surface area contributed by atoms with Gasteiger partial charge in [0.05, 0.1) is 19.3 Å². The highest BCUT2D eigenvalue weighted by Crippen LogP contribution is 2.17. The molecule has 1 heterocycles. The average molecular weight is 377 g/mol. The highest BCUT2D eigenvalue weighted by molar-refractivity contribution is 5.90. The van der Waals surface area contributed by atoms with E-state index in [1.807, 2.05) is 45.0 Å². The lowest BCUT2D eigenvalue weighted by molar-refractivity contribution is -0.124. The molecule has 0 aliphatic carbocycles. The molecule has 0 unspecified atom stereocenters. The molecule has 7 heteroatoms. The minimum Gasteiger partial charge on any atom is -0.379 e. The molecule has 0 saturated carbocycles. The Labute approximate surface area is 161 Å². The van der Waals surface area contributed by atoms with Crippen molar-refractivity contribution in [1.82, 2.24) is 10.2 Å². The molecule has 150 valence electrons. The Morgan fingerprint density at radius 1 is 1.26 bits per heavy atom. The fourth-order valence-electron chi connectivity index (χ4n) is 2.76. The zero-order chi connectivity index (χ0) is 19.9. The number of nitrogens with one attached hydrogen (secondary N) is 2. The lowest BCUT2D eigenvalue weighted by Crippen LogP contribution is -2.48. The fraction of sp³-hybridized carbons (Fsp3) is 0.600. The van der Waals surface area contributed by atoms with Gasteiger partial charge in [-0.2, -0.15) is 0 Å². The van der Waals surface area contributed by atoms with E-state index in [2.05, 4.69) is 15.5 Å². The summed E-state index contributed by atoms with van der Waals surface area (Å²) in [5, 5.41) is 5.78. The van der Waals surface area contributed by atoms with Crippen LogP contribution in [0.3, 0.4) is 0 Å². The number of carbonyl (C=O) groups excluding carboxylic acids is 2. The number of amides is 2. The Morgan fingerprint density at radius 2 is 1.96 bits per heavy atom. The van der Waals surface area contributed by atoms with Crippen molar-refractivity contribution in [1.29, 1.82) is 0 Å². The first-order chi connectivity index (χ1) is 12.8. The predicted molar refractivity (Wildman–Crippen MR) is 106 cm³/mol. The summed E-state index contributed by atoms with van der Waals surface area (Å²) in [5.74, 6) is -0.195. The summed E-state index contributed by atoms with van der Waals surface area (Å²) in [7, 11) is 0. The van der Waals surface area contributed by atoms with Gasteiger partial charge >= 0.3 is 0 Å². The van der Waals surface area contributed by atoms with Crippen molar-refractivity contribution in [2.45, 2.75) is 39.8 Å². The minimum atomic E-state index is -0.569. The molecule has 1 atom stereocenters. The van der Waals surface area contributed by atoms with Gasteiger partial charge in [0.15, 0.2) is 0 Å². The van der Waals surface area contributed by atoms with E-state index in [-0.39, 0.29) is 17.2 Å². The monoisotopic (exact) mass is 376 g/mol. The van der Waals surface area contributed by atoms with Gasteiger partial charge in [-0.05, 0) is 23.1 Å². The number of carbonyl (C=O) groups is 2. The van der Waals surface area contributed by atoms with Gasteiger partial charge in [-0.3, -0.25) is 14.5 Å². The van der Waals surface area contributed by atoms with Gasteiger partial charge in [0.25, 0.3) is 0 Å². The van der Waals surface area contributed by atoms with Gasteiger partial charge in [-0.15, -0.1) is 0 Å². The number of hydrogen-bond donors (Lipinski definition) is 3. The van der Waals surface area contributed by atoms with Gasteiger partial charge in [-0.1, -0.05) is 32.9 Å². The molecule has 1 aliphatic heterocycles. The Bertz CT molecular complexity index is 636. The second kappa shape index (κ2) is 9.82. The number of nitrogens with two attached hydrogens (primary N) is 1. The number of rotatable bonds is 7. The molecule has 7 nitrogen and oxygen atoms in total. The molecular formula is C20H32N4O3. The van der Waals surface area contributed by atoms with Gasteiger partial charge < -0.3 is 21.1 Å². The summed E-state index contributed by atoms with van der Waals surface area (Å²) < 4.78 is 5.31. The minimum absolute atomic E-state index is 0.0163. The van der Waals surface area contributed by atoms with Crippen LogP contribution in [0.5, 0.6) is 0 Å². The number of hydrogen-bond acceptors (Lipinski definition) is 5. The summed E-state index contributed by atoms with van der Waals surface area (Å²) in [5.41, 5.74) is 7.32. The van der Waals surface area contributed by atoms with E-state index in [1.54, 1.807) is 0 Å². The van der Waals surface area contributed by atoms with Crippen molar-refractivity contribution >= 4 is 17.5 Å². The first kappa shape index (κ1) is 21.3. The maximum absolute atomic E-state index is 12.2. The van der Waals surface area contributed by atoms with E-state index in [0.717, 1.165) is 44.1 Å². The SMILES string of the molecule is CC(C)(C)[C@H](N)C(=O)NCc1cccc(NC(=O)CCN2CCOCC2)c1. The zero-order valence-electron chi connectivity index (χ0n) is 16.6. The molecule has 0 bridgehead atoms. The van der Waals surface area contributed by atoms with Crippen LogP contribution in [0.1, 0.15) is 32.8 Å². The third-order valence-electron chi connectivity index (χ3n) is 4.65. The molecule has 2 amide bonds.